The summed E-state index contributed by atoms with van der Waals surface area (Å²) in [6.07, 6.45) is -0.418. The van der Waals surface area contributed by atoms with Gasteiger partial charge in [0.25, 0.3) is 0 Å². The van der Waals surface area contributed by atoms with Gasteiger partial charge >= 0.3 is 11.9 Å². The van der Waals surface area contributed by atoms with Gasteiger partial charge in [0.1, 0.15) is 24.9 Å². The van der Waals surface area contributed by atoms with Crippen molar-refractivity contribution < 1.29 is 34.1 Å². The minimum absolute atomic E-state index is 0.0317. The highest BCUT2D eigenvalue weighted by atomic mass is 16.5. The van der Waals surface area contributed by atoms with Crippen LogP contribution < -0.4 is 0 Å². The van der Waals surface area contributed by atoms with Crippen LogP contribution in [0.2, 0.25) is 0 Å². The average Bonchev–Trinajstić information content (AvgIpc) is 2.86. The molecule has 36 heavy (non-hydrogen) atoms. The Kier molecular flexibility index (Phi) is 7.50. The van der Waals surface area contributed by atoms with Gasteiger partial charge in [-0.05, 0) is 35.7 Å². The maximum atomic E-state index is 13.4. The van der Waals surface area contributed by atoms with Crippen LogP contribution in [0.3, 0.4) is 0 Å². The molecule has 0 heterocycles. The number of carbonyl (C=O) groups is 3. The second kappa shape index (κ2) is 10.7. The Labute approximate surface area is 209 Å². The first-order valence-corrected chi connectivity index (χ1v) is 11.7. The fourth-order valence-corrected chi connectivity index (χ4v) is 4.78. The lowest BCUT2D eigenvalue weighted by atomic mass is 9.61. The molecule has 1 aliphatic rings. The van der Waals surface area contributed by atoms with Gasteiger partial charge in [-0.2, -0.15) is 0 Å². The van der Waals surface area contributed by atoms with E-state index in [9.17, 15) is 24.6 Å². The first-order valence-electron chi connectivity index (χ1n) is 11.7. The van der Waals surface area contributed by atoms with Crippen molar-refractivity contribution in [3.8, 4) is 5.75 Å². The number of hydrogen-bond donors (Lipinski definition) is 2. The van der Waals surface area contributed by atoms with Crippen LogP contribution in [0.4, 0.5) is 0 Å². The summed E-state index contributed by atoms with van der Waals surface area (Å²) in [4.78, 5) is 39.9. The first-order chi connectivity index (χ1) is 17.3. The number of aliphatic hydroxyl groups is 1. The van der Waals surface area contributed by atoms with Crippen LogP contribution >= 0.6 is 0 Å². The summed E-state index contributed by atoms with van der Waals surface area (Å²) in [5.41, 5.74) is 0.0718. The highest BCUT2D eigenvalue weighted by Crippen LogP contribution is 2.47. The Balaban J connectivity index is 1.66. The highest BCUT2D eigenvalue weighted by Gasteiger charge is 2.57. The van der Waals surface area contributed by atoms with Crippen LogP contribution in [0.5, 0.6) is 5.75 Å². The van der Waals surface area contributed by atoms with E-state index >= 15 is 0 Å². The molecule has 1 saturated carbocycles. The Hall–Kier alpha value is -3.97. The van der Waals surface area contributed by atoms with E-state index in [4.69, 9.17) is 9.47 Å². The molecule has 0 unspecified atom stereocenters. The maximum Gasteiger partial charge on any atom is 0.317 e. The molecule has 0 saturated heterocycles. The Morgan fingerprint density at radius 3 is 1.97 bits per heavy atom. The number of esters is 2. The quantitative estimate of drug-likeness (QED) is 0.383. The van der Waals surface area contributed by atoms with E-state index in [0.29, 0.717) is 5.56 Å². The SMILES string of the molecule is C[C@]1(O)CC(=O)[C@H](C(=O)OCc2ccccc2)[C@@H](c2cccc(O)c2)[C@@H]1C(=O)OCc1ccccc1. The number of phenolic OH excluding ortho intramolecular Hbond substituents is 1. The van der Waals surface area contributed by atoms with Gasteiger partial charge in [0, 0.05) is 12.3 Å². The van der Waals surface area contributed by atoms with Crippen molar-refractivity contribution in [2.45, 2.75) is 38.1 Å². The molecule has 4 rings (SSSR count). The molecule has 4 atom stereocenters. The number of carbonyl (C=O) groups excluding carboxylic acids is 3. The summed E-state index contributed by atoms with van der Waals surface area (Å²) in [5.74, 6) is -5.89. The lowest BCUT2D eigenvalue weighted by molar-refractivity contribution is -0.174. The minimum Gasteiger partial charge on any atom is -0.508 e. The molecule has 7 heteroatoms. The van der Waals surface area contributed by atoms with Crippen molar-refractivity contribution >= 4 is 17.7 Å². The van der Waals surface area contributed by atoms with Gasteiger partial charge in [-0.25, -0.2) is 0 Å². The highest BCUT2D eigenvalue weighted by molar-refractivity contribution is 6.02. The molecule has 186 valence electrons. The molecule has 1 aliphatic carbocycles. The van der Waals surface area contributed by atoms with Gasteiger partial charge in [0.05, 0.1) is 11.5 Å². The molecule has 2 N–H and O–H groups in total. The standard InChI is InChI=1S/C29H28O7/c1-29(34)16-23(31)25(27(32)35-17-19-9-4-2-5-10-19)24(21-13-8-14-22(30)15-21)26(29)28(33)36-18-20-11-6-3-7-12-20/h2-15,24-26,30,34H,16-18H2,1H3/t24-,25+,26-,29+/m1/s1. The van der Waals surface area contributed by atoms with E-state index in [2.05, 4.69) is 0 Å². The lowest BCUT2D eigenvalue weighted by Gasteiger charge is -2.43. The van der Waals surface area contributed by atoms with Gasteiger partial charge in [-0.1, -0.05) is 72.8 Å². The summed E-state index contributed by atoms with van der Waals surface area (Å²) in [7, 11) is 0. The van der Waals surface area contributed by atoms with E-state index in [1.165, 1.54) is 19.1 Å². The number of ether oxygens (including phenoxy) is 2. The van der Waals surface area contributed by atoms with Gasteiger partial charge in [-0.3, -0.25) is 14.4 Å². The number of aromatic hydroxyl groups is 1. The van der Waals surface area contributed by atoms with Gasteiger partial charge < -0.3 is 19.7 Å². The third-order valence-corrected chi connectivity index (χ3v) is 6.48. The molecular weight excluding hydrogens is 460 g/mol. The zero-order valence-electron chi connectivity index (χ0n) is 19.9. The first kappa shape index (κ1) is 25.1. The molecule has 1 fully saturated rings. The molecule has 0 amide bonds. The predicted octanol–water partition coefficient (Wildman–Crippen LogP) is 3.92. The number of ketones is 1. The van der Waals surface area contributed by atoms with E-state index < -0.39 is 47.5 Å². The third-order valence-electron chi connectivity index (χ3n) is 6.48. The summed E-state index contributed by atoms with van der Waals surface area (Å²) in [5, 5.41) is 21.4. The Morgan fingerprint density at radius 1 is 0.861 bits per heavy atom. The molecule has 0 spiro atoms. The number of Topliss-reactive ketones (excluding diaryl/α,β-unsaturated/α-hetero) is 1. The summed E-state index contributed by atoms with van der Waals surface area (Å²) < 4.78 is 11.0. The molecule has 3 aromatic rings. The van der Waals surface area contributed by atoms with Crippen molar-refractivity contribution in [2.75, 3.05) is 0 Å². The lowest BCUT2D eigenvalue weighted by Crippen LogP contribution is -2.55. The average molecular weight is 489 g/mol. The number of benzene rings is 3. The van der Waals surface area contributed by atoms with Crippen molar-refractivity contribution in [2.24, 2.45) is 11.8 Å². The summed E-state index contributed by atoms with van der Waals surface area (Å²) >= 11 is 0. The van der Waals surface area contributed by atoms with Gasteiger partial charge in [0.2, 0.25) is 0 Å². The minimum atomic E-state index is -1.78. The molecule has 0 bridgehead atoms. The van der Waals surface area contributed by atoms with Crippen LogP contribution in [0.15, 0.2) is 84.9 Å². The fourth-order valence-electron chi connectivity index (χ4n) is 4.78. The van der Waals surface area contributed by atoms with Gasteiger partial charge in [-0.15, -0.1) is 0 Å². The normalized spacial score (nSPS) is 23.6. The molecule has 0 radical (unpaired) electrons. The van der Waals surface area contributed by atoms with Crippen LogP contribution in [0.25, 0.3) is 0 Å². The van der Waals surface area contributed by atoms with Crippen LogP contribution in [-0.4, -0.2) is 33.5 Å². The van der Waals surface area contributed by atoms with E-state index in [-0.39, 0.29) is 19.0 Å². The Morgan fingerprint density at radius 2 is 1.42 bits per heavy atom. The zero-order valence-corrected chi connectivity index (χ0v) is 19.9. The van der Waals surface area contributed by atoms with E-state index in [1.54, 1.807) is 48.5 Å². The van der Waals surface area contributed by atoms with Crippen molar-refractivity contribution in [1.82, 2.24) is 0 Å². The van der Waals surface area contributed by atoms with Crippen molar-refractivity contribution in [3.05, 3.63) is 102 Å². The number of hydrogen-bond acceptors (Lipinski definition) is 7. The second-order valence-electron chi connectivity index (χ2n) is 9.26. The van der Waals surface area contributed by atoms with Crippen LogP contribution in [0, 0.1) is 11.8 Å². The van der Waals surface area contributed by atoms with Crippen molar-refractivity contribution in [3.63, 3.8) is 0 Å². The van der Waals surface area contributed by atoms with Crippen LogP contribution in [-0.2, 0) is 37.1 Å². The smallest absolute Gasteiger partial charge is 0.317 e. The summed E-state index contributed by atoms with van der Waals surface area (Å²) in [6, 6.07) is 24.1. The number of rotatable bonds is 7. The van der Waals surface area contributed by atoms with E-state index in [0.717, 1.165) is 11.1 Å². The largest absolute Gasteiger partial charge is 0.508 e. The predicted molar refractivity (Wildman–Crippen MR) is 131 cm³/mol. The molecular formula is C29H28O7. The van der Waals surface area contributed by atoms with Crippen molar-refractivity contribution in [1.29, 1.82) is 0 Å². The molecule has 7 nitrogen and oxygen atoms in total. The molecule has 3 aromatic carbocycles. The maximum absolute atomic E-state index is 13.4. The Bertz CT molecular complexity index is 1220. The monoisotopic (exact) mass is 488 g/mol. The second-order valence-corrected chi connectivity index (χ2v) is 9.26. The zero-order chi connectivity index (χ0) is 25.7. The molecule has 0 aromatic heterocycles. The van der Waals surface area contributed by atoms with E-state index in [1.807, 2.05) is 24.3 Å². The number of phenols is 1. The third kappa shape index (κ3) is 5.63. The van der Waals surface area contributed by atoms with Gasteiger partial charge in [0.15, 0.2) is 5.78 Å². The summed E-state index contributed by atoms with van der Waals surface area (Å²) in [6.45, 7) is 1.31. The van der Waals surface area contributed by atoms with Crippen LogP contribution in [0.1, 0.15) is 36.0 Å². The fraction of sp³-hybridized carbons (Fsp3) is 0.276. The molecule has 0 aliphatic heterocycles. The topological polar surface area (TPSA) is 110 Å².